The molecule has 2 rings (SSSR count). The number of aryl methyl sites for hydroxylation is 1. The molecule has 0 spiro atoms. The van der Waals surface area contributed by atoms with E-state index >= 15 is 0 Å². The molecule has 2 aromatic rings. The fourth-order valence-electron chi connectivity index (χ4n) is 2.07. The van der Waals surface area contributed by atoms with Crippen LogP contribution in [0.25, 0.3) is 0 Å². The molecule has 0 bridgehead atoms. The number of rotatable bonds is 5. The third kappa shape index (κ3) is 3.51. The number of anilines is 2. The van der Waals surface area contributed by atoms with Crippen molar-refractivity contribution in [3.8, 4) is 0 Å². The van der Waals surface area contributed by atoms with Gasteiger partial charge < -0.3 is 16.2 Å². The molecule has 0 aromatic heterocycles. The van der Waals surface area contributed by atoms with Gasteiger partial charge in [-0.15, -0.1) is 0 Å². The quantitative estimate of drug-likeness (QED) is 0.730. The van der Waals surface area contributed by atoms with Crippen LogP contribution in [0, 0.1) is 6.92 Å². The van der Waals surface area contributed by atoms with E-state index in [1.165, 1.54) is 17.2 Å². The maximum Gasteiger partial charge on any atom is 0.335 e. The molecule has 0 aliphatic heterocycles. The van der Waals surface area contributed by atoms with Gasteiger partial charge in [0.25, 0.3) is 0 Å². The van der Waals surface area contributed by atoms with Crippen LogP contribution in [0.4, 0.5) is 11.4 Å². The molecule has 0 saturated carbocycles. The Bertz CT molecular complexity index is 624. The summed E-state index contributed by atoms with van der Waals surface area (Å²) in [5.74, 6) is -0.969. The molecule has 0 saturated heterocycles. The standard InChI is InChI=1S/C16H18N2O2/c1-11-3-2-4-12(9-11)7-8-18-15-6-5-13(16(19)20)10-14(15)17/h2-6,9-10,18H,7-8,17H2,1H3,(H,19,20). The van der Waals surface area contributed by atoms with Gasteiger partial charge in [-0.25, -0.2) is 4.79 Å². The van der Waals surface area contributed by atoms with Crippen molar-refractivity contribution in [2.75, 3.05) is 17.6 Å². The summed E-state index contributed by atoms with van der Waals surface area (Å²) in [5, 5.41) is 12.1. The molecule has 0 aliphatic rings. The van der Waals surface area contributed by atoms with Crippen LogP contribution >= 0.6 is 0 Å². The summed E-state index contributed by atoms with van der Waals surface area (Å²) in [6, 6.07) is 13.1. The van der Waals surface area contributed by atoms with Gasteiger partial charge >= 0.3 is 5.97 Å². The zero-order valence-electron chi connectivity index (χ0n) is 11.4. The van der Waals surface area contributed by atoms with Gasteiger partial charge in [0.1, 0.15) is 0 Å². The highest BCUT2D eigenvalue weighted by atomic mass is 16.4. The number of carboxylic acid groups (broad SMARTS) is 1. The Morgan fingerprint density at radius 2 is 2.05 bits per heavy atom. The Labute approximate surface area is 118 Å². The van der Waals surface area contributed by atoms with Crippen molar-refractivity contribution in [1.29, 1.82) is 0 Å². The molecule has 104 valence electrons. The number of nitrogen functional groups attached to an aromatic ring is 1. The van der Waals surface area contributed by atoms with Crippen LogP contribution in [0.1, 0.15) is 21.5 Å². The Balaban J connectivity index is 1.96. The fourth-order valence-corrected chi connectivity index (χ4v) is 2.07. The molecule has 0 unspecified atom stereocenters. The van der Waals surface area contributed by atoms with E-state index in [9.17, 15) is 4.79 Å². The highest BCUT2D eigenvalue weighted by Crippen LogP contribution is 2.20. The first-order valence-electron chi connectivity index (χ1n) is 6.48. The molecule has 4 N–H and O–H groups in total. The third-order valence-electron chi connectivity index (χ3n) is 3.11. The minimum absolute atomic E-state index is 0.201. The average molecular weight is 270 g/mol. The predicted molar refractivity (Wildman–Crippen MR) is 81.2 cm³/mol. The largest absolute Gasteiger partial charge is 0.478 e. The van der Waals surface area contributed by atoms with E-state index in [0.717, 1.165) is 18.7 Å². The van der Waals surface area contributed by atoms with Gasteiger partial charge in [-0.3, -0.25) is 0 Å². The molecule has 20 heavy (non-hydrogen) atoms. The first-order valence-corrected chi connectivity index (χ1v) is 6.48. The van der Waals surface area contributed by atoms with E-state index in [4.69, 9.17) is 10.8 Å². The lowest BCUT2D eigenvalue weighted by atomic mass is 10.1. The number of aromatic carboxylic acids is 1. The van der Waals surface area contributed by atoms with Crippen molar-refractivity contribution in [2.24, 2.45) is 0 Å². The second kappa shape index (κ2) is 6.10. The summed E-state index contributed by atoms with van der Waals surface area (Å²) in [6.45, 7) is 2.82. The van der Waals surface area contributed by atoms with Gasteiger partial charge in [0.15, 0.2) is 0 Å². The first kappa shape index (κ1) is 13.9. The summed E-state index contributed by atoms with van der Waals surface area (Å²) < 4.78 is 0. The summed E-state index contributed by atoms with van der Waals surface area (Å²) in [5.41, 5.74) is 9.76. The number of carboxylic acids is 1. The number of hydrogen-bond donors (Lipinski definition) is 3. The minimum atomic E-state index is -0.969. The highest BCUT2D eigenvalue weighted by molar-refractivity contribution is 5.90. The number of benzene rings is 2. The van der Waals surface area contributed by atoms with Gasteiger partial charge in [-0.1, -0.05) is 29.8 Å². The van der Waals surface area contributed by atoms with Crippen molar-refractivity contribution in [2.45, 2.75) is 13.3 Å². The normalized spacial score (nSPS) is 10.2. The Morgan fingerprint density at radius 1 is 1.25 bits per heavy atom. The maximum absolute atomic E-state index is 10.8. The third-order valence-corrected chi connectivity index (χ3v) is 3.11. The molecule has 2 aromatic carbocycles. The lowest BCUT2D eigenvalue weighted by Gasteiger charge is -2.10. The summed E-state index contributed by atoms with van der Waals surface area (Å²) >= 11 is 0. The van der Waals surface area contributed by atoms with E-state index in [-0.39, 0.29) is 5.56 Å². The fraction of sp³-hybridized carbons (Fsp3) is 0.188. The lowest BCUT2D eigenvalue weighted by Crippen LogP contribution is -2.08. The second-order valence-corrected chi connectivity index (χ2v) is 4.77. The SMILES string of the molecule is Cc1cccc(CCNc2ccc(C(=O)O)cc2N)c1. The molecule has 4 nitrogen and oxygen atoms in total. The second-order valence-electron chi connectivity index (χ2n) is 4.77. The minimum Gasteiger partial charge on any atom is -0.478 e. The van der Waals surface area contributed by atoms with Crippen LogP contribution in [0.15, 0.2) is 42.5 Å². The van der Waals surface area contributed by atoms with Crippen LogP contribution in [-0.2, 0) is 6.42 Å². The summed E-state index contributed by atoms with van der Waals surface area (Å²) in [4.78, 5) is 10.8. The molecule has 0 amide bonds. The van der Waals surface area contributed by atoms with E-state index < -0.39 is 5.97 Å². The summed E-state index contributed by atoms with van der Waals surface area (Å²) in [6.07, 6.45) is 0.891. The average Bonchev–Trinajstić information content (AvgIpc) is 2.40. The number of carbonyl (C=O) groups is 1. The molecule has 0 aliphatic carbocycles. The lowest BCUT2D eigenvalue weighted by molar-refractivity contribution is 0.0697. The van der Waals surface area contributed by atoms with Gasteiger partial charge in [0.2, 0.25) is 0 Å². The smallest absolute Gasteiger partial charge is 0.335 e. The summed E-state index contributed by atoms with van der Waals surface area (Å²) in [7, 11) is 0. The van der Waals surface area contributed by atoms with E-state index in [2.05, 4.69) is 30.4 Å². The van der Waals surface area contributed by atoms with E-state index in [1.54, 1.807) is 12.1 Å². The Kier molecular flexibility index (Phi) is 4.25. The number of nitrogens with one attached hydrogen (secondary N) is 1. The van der Waals surface area contributed by atoms with Crippen LogP contribution in [0.3, 0.4) is 0 Å². The van der Waals surface area contributed by atoms with Gasteiger partial charge in [-0.05, 0) is 37.1 Å². The van der Waals surface area contributed by atoms with Crippen molar-refractivity contribution in [1.82, 2.24) is 0 Å². The highest BCUT2D eigenvalue weighted by Gasteiger charge is 2.05. The molecule has 0 radical (unpaired) electrons. The molecule has 0 fully saturated rings. The molecule has 0 heterocycles. The molecule has 4 heteroatoms. The zero-order chi connectivity index (χ0) is 14.5. The molecule has 0 atom stereocenters. The Hall–Kier alpha value is -2.49. The predicted octanol–water partition coefficient (Wildman–Crippen LogP) is 2.93. The number of nitrogens with two attached hydrogens (primary N) is 1. The van der Waals surface area contributed by atoms with Crippen molar-refractivity contribution in [3.05, 3.63) is 59.2 Å². The first-order chi connectivity index (χ1) is 9.56. The zero-order valence-corrected chi connectivity index (χ0v) is 11.4. The van der Waals surface area contributed by atoms with Crippen molar-refractivity contribution in [3.63, 3.8) is 0 Å². The van der Waals surface area contributed by atoms with Crippen LogP contribution < -0.4 is 11.1 Å². The molecular formula is C16H18N2O2. The van der Waals surface area contributed by atoms with Crippen LogP contribution in [0.2, 0.25) is 0 Å². The Morgan fingerprint density at radius 3 is 2.70 bits per heavy atom. The topological polar surface area (TPSA) is 75.3 Å². The monoisotopic (exact) mass is 270 g/mol. The maximum atomic E-state index is 10.8. The number of hydrogen-bond acceptors (Lipinski definition) is 3. The van der Waals surface area contributed by atoms with Crippen molar-refractivity contribution >= 4 is 17.3 Å². The molecular weight excluding hydrogens is 252 g/mol. The van der Waals surface area contributed by atoms with E-state index in [1.807, 2.05) is 6.07 Å². The van der Waals surface area contributed by atoms with Gasteiger partial charge in [0, 0.05) is 6.54 Å². The van der Waals surface area contributed by atoms with Gasteiger partial charge in [0.05, 0.1) is 16.9 Å². The van der Waals surface area contributed by atoms with Crippen LogP contribution in [-0.4, -0.2) is 17.6 Å². The van der Waals surface area contributed by atoms with E-state index in [0.29, 0.717) is 5.69 Å². The van der Waals surface area contributed by atoms with Crippen molar-refractivity contribution < 1.29 is 9.90 Å². The van der Waals surface area contributed by atoms with Crippen LogP contribution in [0.5, 0.6) is 0 Å². The van der Waals surface area contributed by atoms with Gasteiger partial charge in [-0.2, -0.15) is 0 Å².